The Morgan fingerprint density at radius 2 is 0.818 bits per heavy atom. The van der Waals surface area contributed by atoms with E-state index in [-0.39, 0.29) is 40.3 Å². The number of aryl methyl sites for hydroxylation is 1. The highest BCUT2D eigenvalue weighted by atomic mass is 35.5. The van der Waals surface area contributed by atoms with Gasteiger partial charge >= 0.3 is 0 Å². The smallest absolute Gasteiger partial charge is 0.0888 e. The third kappa shape index (κ3) is 6.72. The molecule has 0 N–H and O–H groups in total. The summed E-state index contributed by atoms with van der Waals surface area (Å²) in [5.74, 6) is 0. The van der Waals surface area contributed by atoms with Crippen molar-refractivity contribution < 1.29 is 0 Å². The fourth-order valence-electron chi connectivity index (χ4n) is 2.44. The van der Waals surface area contributed by atoms with E-state index >= 15 is 0 Å². The fourth-order valence-corrected chi connectivity index (χ4v) is 5.57. The van der Waals surface area contributed by atoms with Crippen LogP contribution in [0, 0.1) is 6.92 Å². The second-order valence-corrected chi connectivity index (χ2v) is 12.2. The van der Waals surface area contributed by atoms with Crippen LogP contribution in [0.3, 0.4) is 0 Å². The van der Waals surface area contributed by atoms with Crippen LogP contribution in [0.5, 0.6) is 0 Å². The van der Waals surface area contributed by atoms with Gasteiger partial charge in [-0.25, -0.2) is 0 Å². The Kier molecular flexibility index (Phi) is 11.2. The van der Waals surface area contributed by atoms with Crippen LogP contribution in [0.15, 0.2) is 82.7 Å². The van der Waals surface area contributed by atoms with Gasteiger partial charge in [0, 0.05) is 0 Å². The number of alkyl halides is 4. The predicted octanol–water partition coefficient (Wildman–Crippen LogP) is 12.3. The van der Waals surface area contributed by atoms with Gasteiger partial charge in [-0.3, -0.25) is 0 Å². The topological polar surface area (TPSA) is 0 Å². The van der Waals surface area contributed by atoms with E-state index in [4.69, 9.17) is 139 Å². The lowest BCUT2D eigenvalue weighted by atomic mass is 10.1. The summed E-state index contributed by atoms with van der Waals surface area (Å²) in [4.78, 5) is 0. The molecule has 12 heteroatoms. The molecule has 0 atom stereocenters. The normalized spacial score (nSPS) is 19.1. The quantitative estimate of drug-likeness (QED) is 0.242. The van der Waals surface area contributed by atoms with E-state index in [0.29, 0.717) is 0 Å². The van der Waals surface area contributed by atoms with Gasteiger partial charge in [-0.05, 0) is 17.7 Å². The molecule has 0 aliphatic heterocycles. The monoisotopic (exact) mass is 682 g/mol. The molecule has 0 heterocycles. The molecule has 0 unspecified atom stereocenters. The van der Waals surface area contributed by atoms with Gasteiger partial charge < -0.3 is 0 Å². The summed E-state index contributed by atoms with van der Waals surface area (Å²) < 4.78 is -2.95. The van der Waals surface area contributed by atoms with Crippen molar-refractivity contribution in [1.29, 1.82) is 0 Å². The Balaban J connectivity index is 0.000000175. The van der Waals surface area contributed by atoms with E-state index in [9.17, 15) is 0 Å². The van der Waals surface area contributed by atoms with Crippen LogP contribution >= 0.6 is 139 Å². The summed E-state index contributed by atoms with van der Waals surface area (Å²) in [5.41, 5.74) is 1.32. The lowest BCUT2D eigenvalue weighted by Crippen LogP contribution is -2.09. The van der Waals surface area contributed by atoms with E-state index < -0.39 is 8.67 Å². The Bertz CT molecular complexity index is 1090. The first-order valence-electron chi connectivity index (χ1n) is 8.58. The second kappa shape index (κ2) is 12.1. The summed E-state index contributed by atoms with van der Waals surface area (Å²) in [6.45, 7) is 2.12. The molecule has 0 radical (unpaired) electrons. The Hall–Kier alpha value is 1.14. The van der Waals surface area contributed by atoms with Crippen molar-refractivity contribution in [3.63, 3.8) is 0 Å². The van der Waals surface area contributed by atoms with E-state index in [1.165, 1.54) is 16.3 Å². The number of rotatable bonds is 0. The molecule has 2 aliphatic carbocycles. The van der Waals surface area contributed by atoms with Crippen LogP contribution in [0.4, 0.5) is 0 Å². The minimum atomic E-state index is -1.47. The molecule has 0 fully saturated rings. The molecular weight excluding hydrogens is 678 g/mol. The molecule has 2 aliphatic rings. The maximum absolute atomic E-state index is 5.68. The summed E-state index contributed by atoms with van der Waals surface area (Å²) in [6, 6.07) is 14.9. The van der Waals surface area contributed by atoms with E-state index in [1.807, 2.05) is 0 Å². The van der Waals surface area contributed by atoms with Gasteiger partial charge in [-0.15, -0.1) is 0 Å². The van der Waals surface area contributed by atoms with Gasteiger partial charge in [0.1, 0.15) is 0 Å². The van der Waals surface area contributed by atoms with Crippen LogP contribution in [0.1, 0.15) is 5.56 Å². The molecule has 2 aromatic rings. The van der Waals surface area contributed by atoms with Gasteiger partial charge in [-0.1, -0.05) is 187 Å². The fraction of sp³-hybridized carbons (Fsp3) is 0.143. The average molecular weight is 688 g/mol. The molecule has 2 aromatic carbocycles. The molecule has 0 aromatic heterocycles. The summed E-state index contributed by atoms with van der Waals surface area (Å²) in [6.07, 6.45) is 0. The third-order valence-corrected chi connectivity index (χ3v) is 10.4. The lowest BCUT2D eigenvalue weighted by Gasteiger charge is -2.11. The van der Waals surface area contributed by atoms with Gasteiger partial charge in [0.15, 0.2) is 8.67 Å². The highest BCUT2D eigenvalue weighted by molar-refractivity contribution is 6.68. The largest absolute Gasteiger partial charge is 0.191 e. The first-order chi connectivity index (χ1) is 15.1. The first-order valence-corrected chi connectivity index (χ1v) is 13.1. The second-order valence-electron chi connectivity index (χ2n) is 6.51. The van der Waals surface area contributed by atoms with Crippen molar-refractivity contribution in [2.45, 2.75) is 15.6 Å². The van der Waals surface area contributed by atoms with Crippen molar-refractivity contribution in [2.24, 2.45) is 0 Å². The molecule has 0 saturated carbocycles. The Morgan fingerprint density at radius 3 is 1.12 bits per heavy atom. The third-order valence-electron chi connectivity index (χ3n) is 4.16. The Morgan fingerprint density at radius 1 is 0.485 bits per heavy atom. The zero-order valence-corrected chi connectivity index (χ0v) is 25.1. The number of hydrogen-bond acceptors (Lipinski definition) is 0. The maximum Gasteiger partial charge on any atom is 0.191 e. The van der Waals surface area contributed by atoms with E-state index in [2.05, 4.69) is 49.4 Å². The minimum Gasteiger partial charge on any atom is -0.0888 e. The average Bonchev–Trinajstić information content (AvgIpc) is 3.00. The zero-order chi connectivity index (χ0) is 25.3. The van der Waals surface area contributed by atoms with Crippen LogP contribution in [0.25, 0.3) is 10.8 Å². The number of fused-ring (bicyclic) bond motifs is 1. The zero-order valence-electron chi connectivity index (χ0n) is 16.1. The molecule has 0 amide bonds. The summed E-state index contributed by atoms with van der Waals surface area (Å²) >= 11 is 67.6. The molecule has 178 valence electrons. The minimum absolute atomic E-state index is 0.0394. The highest BCUT2D eigenvalue weighted by Crippen LogP contribution is 2.54. The van der Waals surface area contributed by atoms with Crippen LogP contribution < -0.4 is 0 Å². The molecule has 0 nitrogen and oxygen atoms in total. The van der Waals surface area contributed by atoms with Gasteiger partial charge in [0.05, 0.1) is 40.3 Å². The highest BCUT2D eigenvalue weighted by Gasteiger charge is 2.43. The molecular formula is C21H10Cl12. The SMILES string of the molecule is Cc1ccc2ccccc2c1.ClC1=C(Cl)C(Cl)(Cl)C(Cl)=C1Cl.ClC1=C(Cl)C(Cl)(Cl)C(Cl)=C1Cl. The van der Waals surface area contributed by atoms with Gasteiger partial charge in [0.2, 0.25) is 0 Å². The summed E-state index contributed by atoms with van der Waals surface area (Å²) in [5, 5.41) is 3.20. The molecule has 0 bridgehead atoms. The van der Waals surface area contributed by atoms with Crippen molar-refractivity contribution in [1.82, 2.24) is 0 Å². The summed E-state index contributed by atoms with van der Waals surface area (Å²) in [7, 11) is 0. The van der Waals surface area contributed by atoms with Crippen LogP contribution in [-0.2, 0) is 0 Å². The van der Waals surface area contributed by atoms with Crippen molar-refractivity contribution >= 4 is 150 Å². The number of hydrogen-bond donors (Lipinski definition) is 0. The standard InChI is InChI=1S/C11H10.2C5Cl6/c1-9-6-7-10-4-2-3-5-11(10)8-9;2*6-1-2(7)4(9)5(10,11)3(1)8/h2-8H,1H3;;. The first kappa shape index (κ1) is 30.4. The maximum atomic E-state index is 5.68. The lowest BCUT2D eigenvalue weighted by molar-refractivity contribution is 1.24. The number of benzene rings is 2. The van der Waals surface area contributed by atoms with Crippen LogP contribution in [-0.4, -0.2) is 8.67 Å². The predicted molar refractivity (Wildman–Crippen MR) is 152 cm³/mol. The van der Waals surface area contributed by atoms with Crippen molar-refractivity contribution in [3.05, 3.63) is 88.3 Å². The van der Waals surface area contributed by atoms with Gasteiger partial charge in [-0.2, -0.15) is 0 Å². The van der Waals surface area contributed by atoms with E-state index in [1.54, 1.807) is 0 Å². The molecule has 0 saturated heterocycles. The van der Waals surface area contributed by atoms with Crippen LogP contribution in [0.2, 0.25) is 0 Å². The van der Waals surface area contributed by atoms with Gasteiger partial charge in [0.25, 0.3) is 0 Å². The molecule has 4 rings (SSSR count). The number of allylic oxidation sites excluding steroid dienone is 8. The molecule has 0 spiro atoms. The number of halogens is 12. The van der Waals surface area contributed by atoms with Crippen molar-refractivity contribution in [3.8, 4) is 0 Å². The van der Waals surface area contributed by atoms with E-state index in [0.717, 1.165) is 0 Å². The molecule has 33 heavy (non-hydrogen) atoms. The Labute approximate surface area is 251 Å². The van der Waals surface area contributed by atoms with Crippen molar-refractivity contribution in [2.75, 3.05) is 0 Å².